The van der Waals surface area contributed by atoms with E-state index in [2.05, 4.69) is 14.9 Å². The summed E-state index contributed by atoms with van der Waals surface area (Å²) in [6, 6.07) is 5.65. The van der Waals surface area contributed by atoms with Crippen LogP contribution >= 0.6 is 23.2 Å². The van der Waals surface area contributed by atoms with Gasteiger partial charge in [-0.05, 0) is 11.6 Å². The zero-order chi connectivity index (χ0) is 14.4. The molecule has 0 fully saturated rings. The van der Waals surface area contributed by atoms with E-state index in [1.165, 1.54) is 0 Å². The minimum Gasteiger partial charge on any atom is -0.383 e. The number of hydrogen-bond acceptors (Lipinski definition) is 3. The molecule has 0 radical (unpaired) electrons. The molecule has 0 bridgehead atoms. The molecule has 1 aromatic heterocycles. The second-order valence-electron chi connectivity index (χ2n) is 4.35. The summed E-state index contributed by atoms with van der Waals surface area (Å²) in [5.41, 5.74) is 0.982. The molecule has 2 aromatic rings. The molecule has 6 heteroatoms. The van der Waals surface area contributed by atoms with Crippen molar-refractivity contribution >= 4 is 23.2 Å². The fourth-order valence-corrected chi connectivity index (χ4v) is 2.26. The van der Waals surface area contributed by atoms with E-state index in [9.17, 15) is 0 Å². The predicted molar refractivity (Wildman–Crippen MR) is 81.4 cm³/mol. The van der Waals surface area contributed by atoms with E-state index in [1.54, 1.807) is 19.4 Å². The summed E-state index contributed by atoms with van der Waals surface area (Å²) in [7, 11) is 1.68. The highest BCUT2D eigenvalue weighted by Gasteiger charge is 2.08. The Hall–Kier alpha value is -1.07. The number of nitrogens with one attached hydrogen (secondary N) is 1. The minimum atomic E-state index is 0.573. The lowest BCUT2D eigenvalue weighted by Crippen LogP contribution is -2.21. The van der Waals surface area contributed by atoms with Gasteiger partial charge >= 0.3 is 0 Å². The largest absolute Gasteiger partial charge is 0.383 e. The monoisotopic (exact) mass is 313 g/mol. The summed E-state index contributed by atoms with van der Waals surface area (Å²) in [4.78, 5) is 4.35. The molecular formula is C14H17Cl2N3O. The van der Waals surface area contributed by atoms with Crippen LogP contribution in [0.1, 0.15) is 11.4 Å². The Morgan fingerprint density at radius 2 is 2.20 bits per heavy atom. The number of methoxy groups -OCH3 is 1. The number of hydrogen-bond donors (Lipinski definition) is 1. The molecule has 1 heterocycles. The normalized spacial score (nSPS) is 10.9. The SMILES string of the molecule is COCCNCc1nccn1Cc1cccc(Cl)c1Cl. The highest BCUT2D eigenvalue weighted by molar-refractivity contribution is 6.42. The van der Waals surface area contributed by atoms with Gasteiger partial charge in [0.25, 0.3) is 0 Å². The van der Waals surface area contributed by atoms with E-state index < -0.39 is 0 Å². The molecule has 0 saturated carbocycles. The highest BCUT2D eigenvalue weighted by atomic mass is 35.5. The van der Waals surface area contributed by atoms with Crippen molar-refractivity contribution in [3.05, 3.63) is 52.0 Å². The number of nitrogens with zero attached hydrogens (tertiary/aromatic N) is 2. The Labute approximate surface area is 128 Å². The van der Waals surface area contributed by atoms with Crippen molar-refractivity contribution in [1.82, 2.24) is 14.9 Å². The number of halogens is 2. The standard InChI is InChI=1S/C14H17Cl2N3O/c1-20-8-6-17-9-13-18-5-7-19(13)10-11-3-2-4-12(15)14(11)16/h2-5,7,17H,6,8-10H2,1H3. The van der Waals surface area contributed by atoms with E-state index in [4.69, 9.17) is 27.9 Å². The van der Waals surface area contributed by atoms with Gasteiger partial charge in [-0.2, -0.15) is 0 Å². The first-order valence-electron chi connectivity index (χ1n) is 6.35. The van der Waals surface area contributed by atoms with Gasteiger partial charge in [-0.15, -0.1) is 0 Å². The van der Waals surface area contributed by atoms with Gasteiger partial charge in [0.05, 0.1) is 29.7 Å². The summed E-state index contributed by atoms with van der Waals surface area (Å²) < 4.78 is 7.05. The number of ether oxygens (including phenoxy) is 1. The van der Waals surface area contributed by atoms with Crippen LogP contribution in [0.3, 0.4) is 0 Å². The molecule has 1 N–H and O–H groups in total. The third-order valence-corrected chi connectivity index (χ3v) is 3.80. The maximum absolute atomic E-state index is 6.21. The second-order valence-corrected chi connectivity index (χ2v) is 5.14. The smallest absolute Gasteiger partial charge is 0.122 e. The molecule has 0 saturated heterocycles. The minimum absolute atomic E-state index is 0.573. The van der Waals surface area contributed by atoms with Crippen molar-refractivity contribution in [2.75, 3.05) is 20.3 Å². The number of rotatable bonds is 7. The van der Waals surface area contributed by atoms with E-state index in [1.807, 2.05) is 18.3 Å². The summed E-state index contributed by atoms with van der Waals surface area (Å²) in [5, 5.41) is 4.44. The van der Waals surface area contributed by atoms with Gasteiger partial charge < -0.3 is 14.6 Å². The van der Waals surface area contributed by atoms with Crippen LogP contribution in [0.2, 0.25) is 10.0 Å². The molecule has 0 aliphatic heterocycles. The second kappa shape index (κ2) is 7.64. The maximum Gasteiger partial charge on any atom is 0.122 e. The zero-order valence-electron chi connectivity index (χ0n) is 11.3. The molecular weight excluding hydrogens is 297 g/mol. The van der Waals surface area contributed by atoms with Gasteiger partial charge in [-0.3, -0.25) is 0 Å². The van der Waals surface area contributed by atoms with Crippen LogP contribution in [0.4, 0.5) is 0 Å². The third-order valence-electron chi connectivity index (χ3n) is 2.94. The Morgan fingerprint density at radius 3 is 3.00 bits per heavy atom. The quantitative estimate of drug-likeness (QED) is 0.799. The summed E-state index contributed by atoms with van der Waals surface area (Å²) in [6.07, 6.45) is 3.72. The molecule has 0 unspecified atom stereocenters. The van der Waals surface area contributed by atoms with E-state index in [0.29, 0.717) is 29.7 Å². The molecule has 4 nitrogen and oxygen atoms in total. The number of benzene rings is 1. The lowest BCUT2D eigenvalue weighted by Gasteiger charge is -2.10. The Balaban J connectivity index is 2.03. The average molecular weight is 314 g/mol. The van der Waals surface area contributed by atoms with Crippen LogP contribution < -0.4 is 5.32 Å². The lowest BCUT2D eigenvalue weighted by molar-refractivity contribution is 0.199. The molecule has 0 spiro atoms. The Morgan fingerprint density at radius 1 is 1.35 bits per heavy atom. The Kier molecular flexibility index (Phi) is 5.86. The van der Waals surface area contributed by atoms with Crippen LogP contribution in [-0.2, 0) is 17.8 Å². The van der Waals surface area contributed by atoms with Crippen LogP contribution in [-0.4, -0.2) is 29.8 Å². The van der Waals surface area contributed by atoms with Crippen molar-refractivity contribution in [3.63, 3.8) is 0 Å². The fourth-order valence-electron chi connectivity index (χ4n) is 1.88. The number of imidazole rings is 1. The van der Waals surface area contributed by atoms with E-state index in [-0.39, 0.29) is 0 Å². The van der Waals surface area contributed by atoms with Crippen LogP contribution in [0.15, 0.2) is 30.6 Å². The molecule has 0 aliphatic rings. The van der Waals surface area contributed by atoms with E-state index >= 15 is 0 Å². The van der Waals surface area contributed by atoms with Crippen molar-refractivity contribution < 1.29 is 4.74 Å². The maximum atomic E-state index is 6.21. The molecule has 2 rings (SSSR count). The fraction of sp³-hybridized carbons (Fsp3) is 0.357. The van der Waals surface area contributed by atoms with Gasteiger partial charge in [0, 0.05) is 26.0 Å². The number of aromatic nitrogens is 2. The van der Waals surface area contributed by atoms with Crippen molar-refractivity contribution in [3.8, 4) is 0 Å². The topological polar surface area (TPSA) is 39.1 Å². The van der Waals surface area contributed by atoms with Crippen molar-refractivity contribution in [1.29, 1.82) is 0 Å². The van der Waals surface area contributed by atoms with Crippen LogP contribution in [0.25, 0.3) is 0 Å². The van der Waals surface area contributed by atoms with E-state index in [0.717, 1.165) is 17.9 Å². The van der Waals surface area contributed by atoms with Crippen LogP contribution in [0, 0.1) is 0 Å². The summed E-state index contributed by atoms with van der Waals surface area (Å²) in [5.74, 6) is 0.956. The molecule has 1 aromatic carbocycles. The van der Waals surface area contributed by atoms with Gasteiger partial charge in [-0.25, -0.2) is 4.98 Å². The zero-order valence-corrected chi connectivity index (χ0v) is 12.8. The highest BCUT2D eigenvalue weighted by Crippen LogP contribution is 2.26. The van der Waals surface area contributed by atoms with Gasteiger partial charge in [0.1, 0.15) is 5.82 Å². The third kappa shape index (κ3) is 3.96. The van der Waals surface area contributed by atoms with Gasteiger partial charge in [0.15, 0.2) is 0 Å². The first-order chi connectivity index (χ1) is 9.72. The summed E-state index contributed by atoms with van der Waals surface area (Å²) in [6.45, 7) is 2.82. The van der Waals surface area contributed by atoms with Crippen LogP contribution in [0.5, 0.6) is 0 Å². The van der Waals surface area contributed by atoms with Gasteiger partial charge in [-0.1, -0.05) is 35.3 Å². The van der Waals surface area contributed by atoms with Crippen molar-refractivity contribution in [2.24, 2.45) is 0 Å². The molecule has 0 amide bonds. The van der Waals surface area contributed by atoms with Crippen molar-refractivity contribution in [2.45, 2.75) is 13.1 Å². The first kappa shape index (κ1) is 15.3. The molecule has 0 aliphatic carbocycles. The molecule has 20 heavy (non-hydrogen) atoms. The Bertz CT molecular complexity index is 557. The molecule has 0 atom stereocenters. The summed E-state index contributed by atoms with van der Waals surface area (Å²) >= 11 is 12.2. The predicted octanol–water partition coefficient (Wildman–Crippen LogP) is 2.97. The average Bonchev–Trinajstić information content (AvgIpc) is 2.87. The lowest BCUT2D eigenvalue weighted by atomic mass is 10.2. The first-order valence-corrected chi connectivity index (χ1v) is 7.10. The molecule has 108 valence electrons. The van der Waals surface area contributed by atoms with Gasteiger partial charge in [0.2, 0.25) is 0 Å².